The zero-order valence-electron chi connectivity index (χ0n) is 8.82. The van der Waals surface area contributed by atoms with Crippen molar-refractivity contribution < 1.29 is 9.63 Å². The largest absolute Gasteiger partial charge is 0.325 e. The third-order valence-corrected chi connectivity index (χ3v) is 2.41. The van der Waals surface area contributed by atoms with E-state index >= 15 is 0 Å². The number of hydrogen-bond acceptors (Lipinski definition) is 5. The number of amides is 1. The second-order valence-electron chi connectivity index (χ2n) is 3.47. The summed E-state index contributed by atoms with van der Waals surface area (Å²) in [7, 11) is 0. The van der Waals surface area contributed by atoms with Crippen LogP contribution in [0.2, 0.25) is 0 Å². The van der Waals surface area contributed by atoms with Gasteiger partial charge < -0.3 is 5.73 Å². The topological polar surface area (TPSA) is 77.2 Å². The van der Waals surface area contributed by atoms with Gasteiger partial charge in [0.15, 0.2) is 0 Å². The van der Waals surface area contributed by atoms with E-state index < -0.39 is 0 Å². The van der Waals surface area contributed by atoms with Gasteiger partial charge in [0.05, 0.1) is 6.61 Å². The summed E-state index contributed by atoms with van der Waals surface area (Å²) in [4.78, 5) is 20.4. The Balaban J connectivity index is 2.40. The quantitative estimate of drug-likeness (QED) is 0.736. The second kappa shape index (κ2) is 5.79. The van der Waals surface area contributed by atoms with E-state index in [0.29, 0.717) is 24.8 Å². The maximum absolute atomic E-state index is 11.4. The summed E-state index contributed by atoms with van der Waals surface area (Å²) < 4.78 is 0. The monoisotopic (exact) mass is 229 g/mol. The van der Waals surface area contributed by atoms with Crippen LogP contribution in [0.1, 0.15) is 29.3 Å². The molecule has 1 aromatic heterocycles. The minimum atomic E-state index is -0.327. The Morgan fingerprint density at radius 2 is 2.47 bits per heavy atom. The van der Waals surface area contributed by atoms with Crippen molar-refractivity contribution in [3.8, 4) is 0 Å². The lowest BCUT2D eigenvalue weighted by Gasteiger charge is -2.05. The number of hydrogen-bond donors (Lipinski definition) is 2. The maximum atomic E-state index is 11.4. The Bertz CT molecular complexity index is 325. The summed E-state index contributed by atoms with van der Waals surface area (Å²) in [6, 6.07) is 0. The van der Waals surface area contributed by atoms with E-state index in [9.17, 15) is 4.79 Å². The van der Waals surface area contributed by atoms with Crippen LogP contribution in [0.4, 0.5) is 0 Å². The number of carbonyl (C=O) groups excluding carboxylic acids is 1. The van der Waals surface area contributed by atoms with Crippen molar-refractivity contribution in [2.75, 3.05) is 6.61 Å². The highest BCUT2D eigenvalue weighted by Gasteiger charge is 2.09. The second-order valence-corrected chi connectivity index (χ2v) is 4.41. The highest BCUT2D eigenvalue weighted by atomic mass is 32.1. The summed E-state index contributed by atoms with van der Waals surface area (Å²) >= 11 is 1.37. The first kappa shape index (κ1) is 12.1. The highest BCUT2D eigenvalue weighted by Crippen LogP contribution is 2.08. The molecule has 0 aliphatic rings. The predicted octanol–water partition coefficient (Wildman–Crippen LogP) is 0.919. The van der Waals surface area contributed by atoms with Crippen molar-refractivity contribution in [3.63, 3.8) is 0 Å². The minimum Gasteiger partial charge on any atom is -0.325 e. The van der Waals surface area contributed by atoms with Crippen LogP contribution in [-0.2, 0) is 11.4 Å². The first-order valence-corrected chi connectivity index (χ1v) is 5.58. The molecule has 84 valence electrons. The van der Waals surface area contributed by atoms with Crippen LogP contribution in [0.15, 0.2) is 5.38 Å². The number of thiazole rings is 1. The van der Waals surface area contributed by atoms with Crippen molar-refractivity contribution in [1.82, 2.24) is 10.5 Å². The number of hydroxylamine groups is 1. The average Bonchev–Trinajstić information content (AvgIpc) is 2.65. The van der Waals surface area contributed by atoms with E-state index in [1.165, 1.54) is 11.3 Å². The molecule has 0 aliphatic heterocycles. The van der Waals surface area contributed by atoms with Crippen molar-refractivity contribution in [2.45, 2.75) is 20.4 Å². The van der Waals surface area contributed by atoms with Gasteiger partial charge in [-0.05, 0) is 5.92 Å². The van der Waals surface area contributed by atoms with Crippen LogP contribution >= 0.6 is 11.3 Å². The van der Waals surface area contributed by atoms with E-state index in [1.807, 2.05) is 13.8 Å². The minimum absolute atomic E-state index is 0.327. The fourth-order valence-electron chi connectivity index (χ4n) is 0.835. The summed E-state index contributed by atoms with van der Waals surface area (Å²) in [5, 5.41) is 2.40. The molecular formula is C9H15N3O2S. The molecule has 1 heterocycles. The fraction of sp³-hybridized carbons (Fsp3) is 0.556. The van der Waals surface area contributed by atoms with Gasteiger partial charge in [0.2, 0.25) is 0 Å². The summed E-state index contributed by atoms with van der Waals surface area (Å²) in [5.41, 5.74) is 8.07. The lowest BCUT2D eigenvalue weighted by Crippen LogP contribution is -2.25. The molecule has 5 nitrogen and oxygen atoms in total. The van der Waals surface area contributed by atoms with E-state index in [4.69, 9.17) is 10.6 Å². The number of rotatable bonds is 5. The summed E-state index contributed by atoms with van der Waals surface area (Å²) in [6.45, 7) is 4.84. The number of carbonyl (C=O) groups is 1. The Hall–Kier alpha value is -0.980. The molecule has 0 unspecified atom stereocenters. The van der Waals surface area contributed by atoms with Crippen LogP contribution in [0.25, 0.3) is 0 Å². The summed E-state index contributed by atoms with van der Waals surface area (Å²) in [6.07, 6.45) is 0. The zero-order chi connectivity index (χ0) is 11.3. The molecule has 0 atom stereocenters. The van der Waals surface area contributed by atoms with Crippen molar-refractivity contribution in [2.24, 2.45) is 11.7 Å². The van der Waals surface area contributed by atoms with Crippen molar-refractivity contribution >= 4 is 17.2 Å². The molecule has 3 N–H and O–H groups in total. The van der Waals surface area contributed by atoms with Crippen molar-refractivity contribution in [3.05, 3.63) is 16.1 Å². The van der Waals surface area contributed by atoms with Gasteiger partial charge in [0.25, 0.3) is 5.91 Å². The Morgan fingerprint density at radius 1 is 1.73 bits per heavy atom. The van der Waals surface area contributed by atoms with Gasteiger partial charge in [0.1, 0.15) is 10.7 Å². The van der Waals surface area contributed by atoms with Crippen LogP contribution < -0.4 is 11.2 Å². The van der Waals surface area contributed by atoms with Gasteiger partial charge in [-0.2, -0.15) is 0 Å². The fourth-order valence-corrected chi connectivity index (χ4v) is 1.49. The maximum Gasteiger partial charge on any atom is 0.294 e. The molecule has 1 amide bonds. The third-order valence-electron chi connectivity index (χ3n) is 1.54. The molecule has 1 aromatic rings. The Kier molecular flexibility index (Phi) is 4.67. The van der Waals surface area contributed by atoms with Crippen LogP contribution in [0.3, 0.4) is 0 Å². The molecule has 1 rings (SSSR count). The van der Waals surface area contributed by atoms with Gasteiger partial charge in [-0.1, -0.05) is 13.8 Å². The normalized spacial score (nSPS) is 10.7. The number of nitrogens with zero attached hydrogens (tertiary/aromatic N) is 1. The van der Waals surface area contributed by atoms with Crippen LogP contribution in [0.5, 0.6) is 0 Å². The Labute approximate surface area is 92.6 Å². The van der Waals surface area contributed by atoms with Crippen LogP contribution in [0, 0.1) is 5.92 Å². The molecule has 0 fully saturated rings. The van der Waals surface area contributed by atoms with E-state index in [2.05, 4.69) is 10.5 Å². The van der Waals surface area contributed by atoms with E-state index in [1.54, 1.807) is 5.38 Å². The lowest BCUT2D eigenvalue weighted by molar-refractivity contribution is 0.0205. The number of aromatic nitrogens is 1. The van der Waals surface area contributed by atoms with Gasteiger partial charge in [-0.25, -0.2) is 10.5 Å². The molecule has 0 aromatic carbocycles. The molecule has 6 heteroatoms. The summed E-state index contributed by atoms with van der Waals surface area (Å²) in [5.74, 6) is 0.0481. The molecule has 15 heavy (non-hydrogen) atoms. The Morgan fingerprint density at radius 3 is 3.00 bits per heavy atom. The molecule has 0 saturated heterocycles. The predicted molar refractivity (Wildman–Crippen MR) is 58.3 cm³/mol. The third kappa shape index (κ3) is 3.94. The molecule has 0 radical (unpaired) electrons. The van der Waals surface area contributed by atoms with E-state index in [-0.39, 0.29) is 5.91 Å². The van der Waals surface area contributed by atoms with Crippen molar-refractivity contribution in [1.29, 1.82) is 0 Å². The standard InChI is InChI=1S/C9H15N3O2S/c1-6(2)4-14-12-9(13)7-5-15-8(3-10)11-7/h5-6H,3-4,10H2,1-2H3,(H,12,13). The molecule has 0 bridgehead atoms. The highest BCUT2D eigenvalue weighted by molar-refractivity contribution is 7.09. The average molecular weight is 229 g/mol. The molecule has 0 spiro atoms. The van der Waals surface area contributed by atoms with Gasteiger partial charge in [0, 0.05) is 11.9 Å². The molecule has 0 aliphatic carbocycles. The molecular weight excluding hydrogens is 214 g/mol. The van der Waals surface area contributed by atoms with Gasteiger partial charge in [-0.3, -0.25) is 9.63 Å². The van der Waals surface area contributed by atoms with Crippen LogP contribution in [-0.4, -0.2) is 17.5 Å². The van der Waals surface area contributed by atoms with Gasteiger partial charge in [-0.15, -0.1) is 11.3 Å². The first-order valence-electron chi connectivity index (χ1n) is 4.70. The smallest absolute Gasteiger partial charge is 0.294 e. The van der Waals surface area contributed by atoms with E-state index in [0.717, 1.165) is 5.01 Å². The molecule has 0 saturated carbocycles. The number of nitrogens with two attached hydrogens (primary N) is 1. The first-order chi connectivity index (χ1) is 7.13. The lowest BCUT2D eigenvalue weighted by atomic mass is 10.2. The number of nitrogens with one attached hydrogen (secondary N) is 1. The van der Waals surface area contributed by atoms with Gasteiger partial charge >= 0.3 is 0 Å². The SMILES string of the molecule is CC(C)CONC(=O)c1csc(CN)n1. The zero-order valence-corrected chi connectivity index (χ0v) is 9.63.